The van der Waals surface area contributed by atoms with Crippen molar-refractivity contribution < 1.29 is 67.0 Å². The summed E-state index contributed by atoms with van der Waals surface area (Å²) in [6.07, 6.45) is -2.91. The number of hydrogen-bond donors (Lipinski definition) is 1. The summed E-state index contributed by atoms with van der Waals surface area (Å²) >= 11 is 0. The molecule has 0 bridgehead atoms. The van der Waals surface area contributed by atoms with E-state index in [9.17, 15) is 33.9 Å². The van der Waals surface area contributed by atoms with Crippen LogP contribution in [0, 0.1) is 35.5 Å². The highest BCUT2D eigenvalue weighted by molar-refractivity contribution is 5.87. The first kappa shape index (κ1) is 50.8. The van der Waals surface area contributed by atoms with Crippen LogP contribution in [-0.2, 0) is 61.9 Å². The van der Waals surface area contributed by atoms with Crippen molar-refractivity contribution >= 4 is 35.6 Å². The first-order valence-corrected chi connectivity index (χ1v) is 21.1. The molecule has 1 spiro atoms. The normalized spacial score (nSPS) is 26.1. The van der Waals surface area contributed by atoms with E-state index in [1.165, 1.54) is 21.0 Å². The van der Waals surface area contributed by atoms with E-state index in [4.69, 9.17) is 33.2 Å². The third-order valence-corrected chi connectivity index (χ3v) is 10.8. The average molecular weight is 825 g/mol. The summed E-state index contributed by atoms with van der Waals surface area (Å²) in [5, 5.41) is 10.8. The Morgan fingerprint density at radius 3 is 1.78 bits per heavy atom. The molecule has 2 heterocycles. The minimum atomic E-state index is -1.32. The number of esters is 5. The first-order chi connectivity index (χ1) is 27.0. The number of hydrogen-bond acceptors (Lipinski definition) is 14. The number of rotatable bonds is 21. The van der Waals surface area contributed by atoms with Gasteiger partial charge in [0.05, 0.1) is 19.3 Å². The molecular formula is C44H72O14. The highest BCUT2D eigenvalue weighted by Gasteiger charge is 2.52. The largest absolute Gasteiger partial charge is 0.466 e. The summed E-state index contributed by atoms with van der Waals surface area (Å²) in [6, 6.07) is 0. The van der Waals surface area contributed by atoms with Crippen LogP contribution in [-0.4, -0.2) is 96.4 Å². The van der Waals surface area contributed by atoms with Gasteiger partial charge in [0.2, 0.25) is 0 Å². The van der Waals surface area contributed by atoms with Gasteiger partial charge in [-0.15, -0.1) is 0 Å². The lowest BCUT2D eigenvalue weighted by molar-refractivity contribution is -0.347. The minimum absolute atomic E-state index is 0.00378. The maximum atomic E-state index is 13.5. The van der Waals surface area contributed by atoms with E-state index in [1.807, 2.05) is 41.5 Å². The zero-order chi connectivity index (χ0) is 44.1. The number of aliphatic hydroxyl groups is 1. The van der Waals surface area contributed by atoms with Gasteiger partial charge < -0.3 is 38.3 Å². The fourth-order valence-electron chi connectivity index (χ4n) is 8.11. The number of ether oxygens (including phenoxy) is 7. The second-order valence-corrected chi connectivity index (χ2v) is 17.7. The van der Waals surface area contributed by atoms with E-state index < -0.39 is 96.0 Å². The lowest BCUT2D eigenvalue weighted by Gasteiger charge is -2.51. The number of aliphatic hydroxyl groups excluding tert-OH is 1. The predicted octanol–water partition coefficient (Wildman–Crippen LogP) is 6.60. The second kappa shape index (κ2) is 23.4. The van der Waals surface area contributed by atoms with E-state index in [-0.39, 0.29) is 61.3 Å². The van der Waals surface area contributed by atoms with Gasteiger partial charge in [0, 0.05) is 56.9 Å². The van der Waals surface area contributed by atoms with E-state index in [0.717, 1.165) is 0 Å². The van der Waals surface area contributed by atoms with Crippen molar-refractivity contribution in [1.82, 2.24) is 0 Å². The molecule has 14 heteroatoms. The number of Topliss-reactive ketones (excluding diaryl/α,β-unsaturated/α-hetero) is 1. The van der Waals surface area contributed by atoms with Gasteiger partial charge in [0.15, 0.2) is 11.6 Å². The van der Waals surface area contributed by atoms with Gasteiger partial charge in [-0.1, -0.05) is 68.4 Å². The molecule has 0 aromatic carbocycles. The van der Waals surface area contributed by atoms with E-state index in [2.05, 4.69) is 6.92 Å². The molecule has 2 aliphatic rings. The van der Waals surface area contributed by atoms with E-state index in [0.29, 0.717) is 25.7 Å². The SMILES string of the molecule is CCC(=O)OC(CC=C(C)C(=O)OC)C(C)C(OC(C)=O)C(CC(C)C(OC(=O)CC(C)C)C1CC(C)CC2(CC(C)CC(C(O)C(C)=O)O2)O1)OC(=O)CC(C)C. The van der Waals surface area contributed by atoms with Crippen molar-refractivity contribution in [2.45, 2.75) is 189 Å². The Labute approximate surface area is 345 Å². The molecule has 58 heavy (non-hydrogen) atoms. The van der Waals surface area contributed by atoms with Crippen molar-refractivity contribution in [3.63, 3.8) is 0 Å². The van der Waals surface area contributed by atoms with E-state index >= 15 is 0 Å². The number of carbonyl (C=O) groups excluding carboxylic acids is 6. The van der Waals surface area contributed by atoms with Crippen molar-refractivity contribution in [2.24, 2.45) is 35.5 Å². The Morgan fingerprint density at radius 2 is 1.28 bits per heavy atom. The third-order valence-electron chi connectivity index (χ3n) is 10.8. The molecule has 0 amide bonds. The molecule has 12 atom stereocenters. The van der Waals surface area contributed by atoms with Gasteiger partial charge >= 0.3 is 29.8 Å². The van der Waals surface area contributed by atoms with Crippen LogP contribution in [0.4, 0.5) is 0 Å². The Morgan fingerprint density at radius 1 is 0.759 bits per heavy atom. The molecule has 332 valence electrons. The number of carbonyl (C=O) groups is 6. The Hall–Kier alpha value is -3.36. The fraction of sp³-hybridized carbons (Fsp3) is 0.818. The Kier molecular flexibility index (Phi) is 20.5. The molecule has 2 aliphatic heterocycles. The number of ketones is 1. The lowest BCUT2D eigenvalue weighted by atomic mass is 9.79. The second-order valence-electron chi connectivity index (χ2n) is 17.7. The lowest BCUT2D eigenvalue weighted by Crippen LogP contribution is -2.57. The molecule has 0 radical (unpaired) electrons. The van der Waals surface area contributed by atoms with Crippen LogP contribution in [0.5, 0.6) is 0 Å². The first-order valence-electron chi connectivity index (χ1n) is 21.1. The third kappa shape index (κ3) is 16.0. The van der Waals surface area contributed by atoms with Crippen LogP contribution in [0.1, 0.15) is 141 Å². The minimum Gasteiger partial charge on any atom is -0.466 e. The van der Waals surface area contributed by atoms with Crippen LogP contribution < -0.4 is 0 Å². The molecule has 0 aromatic heterocycles. The summed E-state index contributed by atoms with van der Waals surface area (Å²) in [6.45, 7) is 21.0. The summed E-state index contributed by atoms with van der Waals surface area (Å²) in [5.41, 5.74) is 0.286. The predicted molar refractivity (Wildman–Crippen MR) is 214 cm³/mol. The van der Waals surface area contributed by atoms with Crippen molar-refractivity contribution in [2.75, 3.05) is 7.11 Å². The molecule has 1 N–H and O–H groups in total. The summed E-state index contributed by atoms with van der Waals surface area (Å²) in [7, 11) is 1.26. The molecule has 2 fully saturated rings. The quantitative estimate of drug-likeness (QED) is 0.0741. The Bertz CT molecular complexity index is 1420. The summed E-state index contributed by atoms with van der Waals surface area (Å²) in [4.78, 5) is 77.0. The van der Waals surface area contributed by atoms with Gasteiger partial charge in [-0.3, -0.25) is 24.0 Å². The van der Waals surface area contributed by atoms with Crippen LogP contribution in [0.2, 0.25) is 0 Å². The van der Waals surface area contributed by atoms with Gasteiger partial charge in [-0.25, -0.2) is 4.79 Å². The smallest absolute Gasteiger partial charge is 0.333 e. The molecular weight excluding hydrogens is 752 g/mol. The van der Waals surface area contributed by atoms with Crippen molar-refractivity contribution in [1.29, 1.82) is 0 Å². The zero-order valence-corrected chi connectivity index (χ0v) is 37.2. The zero-order valence-electron chi connectivity index (χ0n) is 37.2. The van der Waals surface area contributed by atoms with Gasteiger partial charge in [-0.05, 0) is 62.7 Å². The van der Waals surface area contributed by atoms with Crippen molar-refractivity contribution in [3.05, 3.63) is 11.6 Å². The van der Waals surface area contributed by atoms with E-state index in [1.54, 1.807) is 26.8 Å². The molecule has 12 unspecified atom stereocenters. The monoisotopic (exact) mass is 824 g/mol. The van der Waals surface area contributed by atoms with Crippen LogP contribution in [0.15, 0.2) is 11.6 Å². The summed E-state index contributed by atoms with van der Waals surface area (Å²) < 4.78 is 42.5. The van der Waals surface area contributed by atoms with Gasteiger partial charge in [0.1, 0.15) is 30.5 Å². The highest BCUT2D eigenvalue weighted by atomic mass is 16.7. The molecule has 2 rings (SSSR count). The standard InChI is InChI=1S/C44H72O14/c1-14-37(47)54-33(16-15-28(8)43(51)52-13)30(10)42(53-32(12)46)35(55-38(48)17-24(2)3)21-29(9)41(56-39(49)18-25(4)5)36-20-27(7)23-44(58-36)22-26(6)19-34(57-44)40(50)31(11)45/h15,24-27,29-30,33-36,40-42,50H,14,16-23H2,1-13H3. The topological polar surface area (TPSA) is 187 Å². The summed E-state index contributed by atoms with van der Waals surface area (Å²) in [5.74, 6) is -5.58. The molecule has 0 saturated carbocycles. The van der Waals surface area contributed by atoms with Gasteiger partial charge in [0.25, 0.3) is 0 Å². The number of methoxy groups -OCH3 is 1. The molecule has 14 nitrogen and oxygen atoms in total. The molecule has 0 aliphatic carbocycles. The maximum Gasteiger partial charge on any atom is 0.333 e. The fourth-order valence-corrected chi connectivity index (χ4v) is 8.11. The van der Waals surface area contributed by atoms with Crippen LogP contribution >= 0.6 is 0 Å². The van der Waals surface area contributed by atoms with Crippen LogP contribution in [0.3, 0.4) is 0 Å². The van der Waals surface area contributed by atoms with Crippen LogP contribution in [0.25, 0.3) is 0 Å². The maximum absolute atomic E-state index is 13.5. The van der Waals surface area contributed by atoms with Crippen molar-refractivity contribution in [3.8, 4) is 0 Å². The molecule has 0 aromatic rings. The molecule has 2 saturated heterocycles. The van der Waals surface area contributed by atoms with Gasteiger partial charge in [-0.2, -0.15) is 0 Å². The highest BCUT2D eigenvalue weighted by Crippen LogP contribution is 2.46. The Balaban J connectivity index is 2.68. The average Bonchev–Trinajstić information content (AvgIpc) is 3.11.